The van der Waals surface area contributed by atoms with Crippen LogP contribution in [0.3, 0.4) is 0 Å². The highest BCUT2D eigenvalue weighted by atomic mass is 16.5. The molecule has 0 aliphatic carbocycles. The molecular formula is C19H34N2O+2. The van der Waals surface area contributed by atoms with Crippen LogP contribution in [-0.2, 0) is 5.41 Å². The van der Waals surface area contributed by atoms with Crippen molar-refractivity contribution in [2.45, 2.75) is 45.4 Å². The summed E-state index contributed by atoms with van der Waals surface area (Å²) in [5.41, 5.74) is 1.45. The normalized spacial score (nSPS) is 16.7. The molecule has 3 nitrogen and oxygen atoms in total. The maximum absolute atomic E-state index is 6.04. The largest absolute Gasteiger partial charge is 0.493 e. The fraction of sp³-hybridized carbons (Fsp3) is 0.684. The fourth-order valence-corrected chi connectivity index (χ4v) is 3.18. The summed E-state index contributed by atoms with van der Waals surface area (Å²) in [5, 5.41) is 2.43. The van der Waals surface area contributed by atoms with Crippen molar-refractivity contribution in [3.8, 4) is 5.75 Å². The lowest BCUT2D eigenvalue weighted by molar-refractivity contribution is -0.946. The molecule has 3 N–H and O–H groups in total. The number of quaternary nitrogens is 2. The Morgan fingerprint density at radius 3 is 2.50 bits per heavy atom. The van der Waals surface area contributed by atoms with Gasteiger partial charge in [0.1, 0.15) is 31.9 Å². The van der Waals surface area contributed by atoms with Gasteiger partial charge in [0.15, 0.2) is 0 Å². The van der Waals surface area contributed by atoms with E-state index in [1.54, 1.807) is 4.90 Å². The first kappa shape index (κ1) is 17.3. The van der Waals surface area contributed by atoms with E-state index in [0.29, 0.717) is 0 Å². The third-order valence-electron chi connectivity index (χ3n) is 4.53. The van der Waals surface area contributed by atoms with E-state index in [0.717, 1.165) is 18.8 Å². The topological polar surface area (TPSA) is 30.3 Å². The molecule has 3 heteroatoms. The van der Waals surface area contributed by atoms with Crippen molar-refractivity contribution in [2.24, 2.45) is 0 Å². The molecule has 1 fully saturated rings. The van der Waals surface area contributed by atoms with E-state index in [2.05, 4.69) is 50.4 Å². The van der Waals surface area contributed by atoms with Crippen LogP contribution >= 0.6 is 0 Å². The summed E-state index contributed by atoms with van der Waals surface area (Å²) in [6.45, 7) is 14.2. The number of benzene rings is 1. The van der Waals surface area contributed by atoms with Gasteiger partial charge in [-0.2, -0.15) is 0 Å². The average molecular weight is 306 g/mol. The molecule has 1 aromatic carbocycles. The van der Waals surface area contributed by atoms with E-state index in [9.17, 15) is 0 Å². The molecule has 2 rings (SSSR count). The second-order valence-electron chi connectivity index (χ2n) is 7.52. The van der Waals surface area contributed by atoms with Crippen molar-refractivity contribution in [1.29, 1.82) is 0 Å². The Balaban J connectivity index is 1.64. The molecule has 0 atom stereocenters. The zero-order valence-corrected chi connectivity index (χ0v) is 14.7. The number of para-hydroxylation sites is 1. The molecule has 22 heavy (non-hydrogen) atoms. The number of hydrogen-bond donors (Lipinski definition) is 2. The molecule has 124 valence electrons. The van der Waals surface area contributed by atoms with Crippen molar-refractivity contribution in [1.82, 2.24) is 0 Å². The van der Waals surface area contributed by atoms with E-state index in [1.807, 2.05) is 0 Å². The van der Waals surface area contributed by atoms with Crippen molar-refractivity contribution >= 4 is 0 Å². The monoisotopic (exact) mass is 306 g/mol. The Bertz CT molecular complexity index is 433. The Hall–Kier alpha value is -1.06. The Labute approximate surface area is 136 Å². The first-order valence-electron chi connectivity index (χ1n) is 8.95. The second-order valence-corrected chi connectivity index (χ2v) is 7.52. The number of nitrogens with two attached hydrogens (primary N) is 1. The van der Waals surface area contributed by atoms with Crippen LogP contribution in [0, 0.1) is 0 Å². The SMILES string of the molecule is CC(C)(C)c1ccccc1OCCCCC[NH+]1CC[NH2+]CC1. The van der Waals surface area contributed by atoms with E-state index >= 15 is 0 Å². The van der Waals surface area contributed by atoms with Crippen LogP contribution in [-0.4, -0.2) is 39.3 Å². The van der Waals surface area contributed by atoms with Crippen LogP contribution < -0.4 is 15.0 Å². The van der Waals surface area contributed by atoms with Crippen LogP contribution in [0.15, 0.2) is 24.3 Å². The lowest BCUT2D eigenvalue weighted by Crippen LogP contribution is -3.20. The van der Waals surface area contributed by atoms with Gasteiger partial charge in [0, 0.05) is 0 Å². The number of unbranched alkanes of at least 4 members (excludes halogenated alkanes) is 2. The maximum atomic E-state index is 6.04. The highest BCUT2D eigenvalue weighted by Crippen LogP contribution is 2.30. The quantitative estimate of drug-likeness (QED) is 0.723. The number of ether oxygens (including phenoxy) is 1. The Morgan fingerprint density at radius 1 is 1.05 bits per heavy atom. The summed E-state index contributed by atoms with van der Waals surface area (Å²) < 4.78 is 6.04. The van der Waals surface area contributed by atoms with Gasteiger partial charge in [0.05, 0.1) is 13.2 Å². The lowest BCUT2D eigenvalue weighted by atomic mass is 9.86. The number of rotatable bonds is 7. The van der Waals surface area contributed by atoms with Crippen molar-refractivity contribution in [3.63, 3.8) is 0 Å². The molecule has 0 aromatic heterocycles. The average Bonchev–Trinajstić information content (AvgIpc) is 2.51. The van der Waals surface area contributed by atoms with Crippen LogP contribution in [0.1, 0.15) is 45.6 Å². The van der Waals surface area contributed by atoms with Gasteiger partial charge in [-0.3, -0.25) is 0 Å². The molecule has 0 amide bonds. The molecule has 0 bridgehead atoms. The zero-order valence-electron chi connectivity index (χ0n) is 14.7. The summed E-state index contributed by atoms with van der Waals surface area (Å²) in [5.74, 6) is 1.06. The van der Waals surface area contributed by atoms with Gasteiger partial charge in [0.2, 0.25) is 0 Å². The van der Waals surface area contributed by atoms with Gasteiger partial charge >= 0.3 is 0 Å². The van der Waals surface area contributed by atoms with Gasteiger partial charge in [-0.05, 0) is 36.3 Å². The minimum Gasteiger partial charge on any atom is -0.493 e. The summed E-state index contributed by atoms with van der Waals surface area (Å²) in [6.07, 6.45) is 3.78. The number of nitrogens with one attached hydrogen (secondary N) is 1. The third-order valence-corrected chi connectivity index (χ3v) is 4.53. The molecule has 0 unspecified atom stereocenters. The molecule has 1 aromatic rings. The Morgan fingerprint density at radius 2 is 1.77 bits per heavy atom. The van der Waals surface area contributed by atoms with Gasteiger partial charge in [0.25, 0.3) is 0 Å². The first-order chi connectivity index (χ1) is 10.6. The predicted octanol–water partition coefficient (Wildman–Crippen LogP) is 0.995. The van der Waals surface area contributed by atoms with Gasteiger partial charge in [-0.25, -0.2) is 0 Å². The summed E-state index contributed by atoms with van der Waals surface area (Å²) >= 11 is 0. The van der Waals surface area contributed by atoms with Crippen LogP contribution in [0.5, 0.6) is 5.75 Å². The van der Waals surface area contributed by atoms with Gasteiger partial charge in [-0.15, -0.1) is 0 Å². The van der Waals surface area contributed by atoms with Crippen molar-refractivity contribution in [3.05, 3.63) is 29.8 Å². The van der Waals surface area contributed by atoms with Crippen LogP contribution in [0.25, 0.3) is 0 Å². The van der Waals surface area contributed by atoms with Gasteiger partial charge in [-0.1, -0.05) is 39.0 Å². The number of piperazine rings is 1. The van der Waals surface area contributed by atoms with Gasteiger partial charge < -0.3 is 15.0 Å². The molecule has 0 saturated carbocycles. The van der Waals surface area contributed by atoms with Crippen molar-refractivity contribution in [2.75, 3.05) is 39.3 Å². The fourth-order valence-electron chi connectivity index (χ4n) is 3.18. The van der Waals surface area contributed by atoms with Crippen LogP contribution in [0.4, 0.5) is 0 Å². The van der Waals surface area contributed by atoms with E-state index < -0.39 is 0 Å². The van der Waals surface area contributed by atoms with Crippen LogP contribution in [0.2, 0.25) is 0 Å². The molecular weight excluding hydrogens is 272 g/mol. The molecule has 1 saturated heterocycles. The summed E-state index contributed by atoms with van der Waals surface area (Å²) in [7, 11) is 0. The minimum atomic E-state index is 0.144. The molecule has 0 radical (unpaired) electrons. The van der Waals surface area contributed by atoms with E-state index in [1.165, 1.54) is 51.1 Å². The maximum Gasteiger partial charge on any atom is 0.127 e. The molecule has 1 aliphatic heterocycles. The number of hydrogen-bond acceptors (Lipinski definition) is 1. The third kappa shape index (κ3) is 5.62. The minimum absolute atomic E-state index is 0.144. The smallest absolute Gasteiger partial charge is 0.127 e. The lowest BCUT2D eigenvalue weighted by Gasteiger charge is -2.23. The highest BCUT2D eigenvalue weighted by molar-refractivity contribution is 5.38. The Kier molecular flexibility index (Phi) is 6.71. The first-order valence-corrected chi connectivity index (χ1v) is 8.95. The summed E-state index contributed by atoms with van der Waals surface area (Å²) in [4.78, 5) is 1.79. The second kappa shape index (κ2) is 8.54. The molecule has 1 heterocycles. The predicted molar refractivity (Wildman–Crippen MR) is 91.7 cm³/mol. The molecule has 0 spiro atoms. The summed E-state index contributed by atoms with van der Waals surface area (Å²) in [6, 6.07) is 8.47. The zero-order chi connectivity index (χ0) is 15.8. The van der Waals surface area contributed by atoms with E-state index in [4.69, 9.17) is 4.74 Å². The highest BCUT2D eigenvalue weighted by Gasteiger charge is 2.18. The van der Waals surface area contributed by atoms with E-state index in [-0.39, 0.29) is 5.41 Å². The standard InChI is InChI=1S/C19H32N2O/c1-19(2,3)17-9-5-6-10-18(17)22-16-8-4-7-13-21-14-11-20-12-15-21/h5-6,9-10,20H,4,7-8,11-16H2,1-3H3/p+2. The van der Waals surface area contributed by atoms with Crippen molar-refractivity contribution < 1.29 is 15.0 Å². The molecule has 1 aliphatic rings.